The number of rotatable bonds is 7. The molecular formula is C28H23N5O7S. The third-order valence-corrected chi connectivity index (χ3v) is 7.33. The van der Waals surface area contributed by atoms with E-state index < -0.39 is 24.6 Å². The summed E-state index contributed by atoms with van der Waals surface area (Å²) in [5.74, 6) is 1.04. The number of aromatic nitrogens is 4. The molecular weight excluding hydrogens is 550 g/mol. The predicted octanol–water partition coefficient (Wildman–Crippen LogP) is 4.18. The fraction of sp³-hybridized carbons (Fsp3) is 0.214. The fourth-order valence-electron chi connectivity index (χ4n) is 4.31. The number of carbonyl (C=O) groups is 2. The summed E-state index contributed by atoms with van der Waals surface area (Å²) < 4.78 is 23.5. The van der Waals surface area contributed by atoms with Crippen molar-refractivity contribution >= 4 is 50.2 Å². The number of fused-ring (bicyclic) bond motifs is 4. The van der Waals surface area contributed by atoms with Crippen molar-refractivity contribution in [1.29, 1.82) is 0 Å². The number of nitrogens with one attached hydrogen (secondary N) is 1. The molecule has 2 aromatic carbocycles. The van der Waals surface area contributed by atoms with Crippen LogP contribution in [0.3, 0.4) is 0 Å². The maximum absolute atomic E-state index is 12.3. The number of carbonyl (C=O) groups excluding carboxylic acids is 2. The average Bonchev–Trinajstić information content (AvgIpc) is 3.44. The Bertz CT molecular complexity index is 1790. The minimum absolute atomic E-state index is 0.0524. The monoisotopic (exact) mass is 573 g/mol. The van der Waals surface area contributed by atoms with Crippen LogP contribution in [0, 0.1) is 6.92 Å². The number of ketones is 1. The Kier molecular flexibility index (Phi) is 7.03. The van der Waals surface area contributed by atoms with Crippen LogP contribution in [0.4, 0.5) is 10.5 Å². The van der Waals surface area contributed by atoms with Gasteiger partial charge in [-0.2, -0.15) is 0 Å². The molecule has 0 radical (unpaired) electrons. The number of nitrogens with zero attached hydrogens (tertiary/aromatic N) is 4. The number of aryl methyl sites for hydroxylation is 1. The Morgan fingerprint density at radius 3 is 2.78 bits per heavy atom. The number of thiazole rings is 1. The number of anilines is 1. The van der Waals surface area contributed by atoms with Gasteiger partial charge in [-0.15, -0.1) is 11.3 Å². The maximum Gasteiger partial charge on any atom is 0.411 e. The van der Waals surface area contributed by atoms with Gasteiger partial charge in [-0.05, 0) is 48.9 Å². The lowest BCUT2D eigenvalue weighted by molar-refractivity contribution is 0.0383. The fourth-order valence-corrected chi connectivity index (χ4v) is 5.39. The summed E-state index contributed by atoms with van der Waals surface area (Å²) >= 11 is 1.47. The summed E-state index contributed by atoms with van der Waals surface area (Å²) in [4.78, 5) is 41.5. The summed E-state index contributed by atoms with van der Waals surface area (Å²) in [6.45, 7) is 1.47. The van der Waals surface area contributed by atoms with Gasteiger partial charge < -0.3 is 24.1 Å². The van der Waals surface area contributed by atoms with Crippen molar-refractivity contribution in [2.75, 3.05) is 32.2 Å². The molecule has 1 amide bonds. The number of methoxy groups -OCH3 is 1. The molecule has 2 N–H and O–H groups in total. The first-order valence-corrected chi connectivity index (χ1v) is 13.3. The first-order chi connectivity index (χ1) is 19.9. The average molecular weight is 574 g/mol. The van der Waals surface area contributed by atoms with Gasteiger partial charge in [0.05, 0.1) is 41.7 Å². The van der Waals surface area contributed by atoms with E-state index in [1.807, 2.05) is 25.1 Å². The molecule has 0 spiro atoms. The summed E-state index contributed by atoms with van der Waals surface area (Å²) in [7, 11) is 1.56. The number of ether oxygens (including phenoxy) is 4. The molecule has 4 heterocycles. The van der Waals surface area contributed by atoms with Crippen LogP contribution in [0.5, 0.6) is 17.4 Å². The highest BCUT2D eigenvalue weighted by Gasteiger charge is 2.26. The molecule has 1 aliphatic heterocycles. The van der Waals surface area contributed by atoms with E-state index in [-0.39, 0.29) is 18.9 Å². The van der Waals surface area contributed by atoms with Gasteiger partial charge in [0, 0.05) is 5.56 Å². The van der Waals surface area contributed by atoms with E-state index in [2.05, 4.69) is 20.3 Å². The quantitative estimate of drug-likeness (QED) is 0.269. The van der Waals surface area contributed by atoms with Gasteiger partial charge >= 0.3 is 6.09 Å². The Hall–Kier alpha value is -4.88. The molecule has 208 valence electrons. The lowest BCUT2D eigenvalue weighted by Crippen LogP contribution is -2.35. The van der Waals surface area contributed by atoms with Gasteiger partial charge in [0.1, 0.15) is 35.2 Å². The molecule has 1 aliphatic rings. The zero-order valence-electron chi connectivity index (χ0n) is 21.9. The number of hydrogen-bond acceptors (Lipinski definition) is 12. The number of pyridine rings is 1. The Balaban J connectivity index is 1.15. The Morgan fingerprint density at radius 2 is 2.00 bits per heavy atom. The summed E-state index contributed by atoms with van der Waals surface area (Å²) in [6.07, 6.45) is 1.66. The number of benzene rings is 2. The zero-order chi connectivity index (χ0) is 28.5. The van der Waals surface area contributed by atoms with Crippen LogP contribution in [0.2, 0.25) is 0 Å². The van der Waals surface area contributed by atoms with Gasteiger partial charge in [-0.3, -0.25) is 15.1 Å². The Morgan fingerprint density at radius 1 is 1.12 bits per heavy atom. The van der Waals surface area contributed by atoms with Crippen LogP contribution in [-0.4, -0.2) is 70.0 Å². The molecule has 12 nitrogen and oxygen atoms in total. The first-order valence-electron chi connectivity index (χ1n) is 12.5. The second-order valence-electron chi connectivity index (χ2n) is 9.14. The van der Waals surface area contributed by atoms with Crippen LogP contribution in [0.25, 0.3) is 31.8 Å². The molecule has 41 heavy (non-hydrogen) atoms. The lowest BCUT2D eigenvalue weighted by Gasteiger charge is -2.26. The molecule has 6 rings (SSSR count). The summed E-state index contributed by atoms with van der Waals surface area (Å²) in [5.41, 5.74) is 4.53. The van der Waals surface area contributed by atoms with E-state index in [1.165, 1.54) is 29.7 Å². The largest absolute Gasteiger partial charge is 0.484 e. The molecule has 13 heteroatoms. The van der Waals surface area contributed by atoms with Crippen LogP contribution >= 0.6 is 11.3 Å². The summed E-state index contributed by atoms with van der Waals surface area (Å²) in [6, 6.07) is 10.5. The van der Waals surface area contributed by atoms with Crippen molar-refractivity contribution < 1.29 is 33.6 Å². The first kappa shape index (κ1) is 26.3. The van der Waals surface area contributed by atoms with Crippen molar-refractivity contribution in [2.24, 2.45) is 0 Å². The second kappa shape index (κ2) is 10.9. The van der Waals surface area contributed by atoms with E-state index in [0.717, 1.165) is 37.4 Å². The molecule has 0 bridgehead atoms. The molecule has 0 unspecified atom stereocenters. The van der Waals surface area contributed by atoms with E-state index >= 15 is 0 Å². The van der Waals surface area contributed by atoms with Gasteiger partial charge in [0.15, 0.2) is 17.6 Å². The SMILES string of the molecule is COc1cnc2c(-c3nc4ccc5c(c4s3)OC[C@H](COC(=O)Nc3ccc(C(=O)CO)nc3)O5)cc(C)cc2n1. The van der Waals surface area contributed by atoms with Gasteiger partial charge in [-0.25, -0.2) is 19.7 Å². The lowest BCUT2D eigenvalue weighted by atomic mass is 10.1. The number of aliphatic hydroxyl groups is 1. The van der Waals surface area contributed by atoms with Crippen molar-refractivity contribution in [3.63, 3.8) is 0 Å². The summed E-state index contributed by atoms with van der Waals surface area (Å²) in [5, 5.41) is 12.2. The highest BCUT2D eigenvalue weighted by Crippen LogP contribution is 2.44. The van der Waals surface area contributed by atoms with Crippen molar-refractivity contribution in [2.45, 2.75) is 13.0 Å². The van der Waals surface area contributed by atoms with Crippen molar-refractivity contribution in [1.82, 2.24) is 19.9 Å². The van der Waals surface area contributed by atoms with E-state index in [1.54, 1.807) is 19.4 Å². The maximum atomic E-state index is 12.3. The van der Waals surface area contributed by atoms with Crippen molar-refractivity contribution in [3.05, 3.63) is 60.0 Å². The van der Waals surface area contributed by atoms with Crippen LogP contribution < -0.4 is 19.5 Å². The van der Waals surface area contributed by atoms with Crippen LogP contribution in [0.1, 0.15) is 16.1 Å². The van der Waals surface area contributed by atoms with Gasteiger partial charge in [0.2, 0.25) is 11.7 Å². The number of aliphatic hydroxyl groups excluding tert-OH is 1. The third kappa shape index (κ3) is 5.32. The van der Waals surface area contributed by atoms with Crippen molar-refractivity contribution in [3.8, 4) is 28.0 Å². The van der Waals surface area contributed by atoms with Gasteiger partial charge in [-0.1, -0.05) is 0 Å². The normalized spacial score (nSPS) is 14.2. The highest BCUT2D eigenvalue weighted by atomic mass is 32.1. The molecule has 5 aromatic rings. The van der Waals surface area contributed by atoms with E-state index in [0.29, 0.717) is 23.1 Å². The Labute approximate surface area is 236 Å². The molecule has 1 atom stereocenters. The molecule has 0 fully saturated rings. The van der Waals surface area contributed by atoms with Crippen LogP contribution in [-0.2, 0) is 4.74 Å². The zero-order valence-corrected chi connectivity index (χ0v) is 22.7. The molecule has 0 saturated heterocycles. The standard InChI is InChI=1S/C28H23N5O7S/c1-14-7-17(24-20(8-14)32-23(37-2)10-30-24)27-33-19-5-6-22-25(26(19)41-27)38-12-16(40-22)13-39-28(36)31-15-3-4-18(29-9-15)21(35)11-34/h3-10,16,34H,11-13H2,1-2H3,(H,31,36)/t16-/m1/s1. The smallest absolute Gasteiger partial charge is 0.411 e. The third-order valence-electron chi connectivity index (χ3n) is 6.23. The highest BCUT2D eigenvalue weighted by molar-refractivity contribution is 7.22. The predicted molar refractivity (Wildman–Crippen MR) is 150 cm³/mol. The number of hydrogen-bond donors (Lipinski definition) is 2. The van der Waals surface area contributed by atoms with Crippen LogP contribution in [0.15, 0.2) is 48.8 Å². The molecule has 0 saturated carbocycles. The minimum atomic E-state index is -0.712. The van der Waals surface area contributed by atoms with E-state index in [4.69, 9.17) is 29.0 Å². The minimum Gasteiger partial charge on any atom is -0.484 e. The number of Topliss-reactive ketones (excluding diaryl/α,β-unsaturated/α-hetero) is 1. The molecule has 0 aliphatic carbocycles. The second-order valence-corrected chi connectivity index (χ2v) is 10.1. The van der Waals surface area contributed by atoms with E-state index in [9.17, 15) is 9.59 Å². The topological polar surface area (TPSA) is 155 Å². The van der Waals surface area contributed by atoms with Gasteiger partial charge in [0.25, 0.3) is 0 Å². The number of amides is 1. The molecule has 3 aromatic heterocycles.